The highest BCUT2D eigenvalue weighted by Crippen LogP contribution is 2.42. The number of halogens is 1. The zero-order valence-electron chi connectivity index (χ0n) is 40.9. The molecule has 4 heterocycles. The molecule has 0 spiro atoms. The number of piperazine rings is 1. The van der Waals surface area contributed by atoms with Gasteiger partial charge in [-0.3, -0.25) is 24.7 Å². The van der Waals surface area contributed by atoms with Gasteiger partial charge in [0, 0.05) is 69.6 Å². The second kappa shape index (κ2) is 21.2. The van der Waals surface area contributed by atoms with Crippen LogP contribution in [0.15, 0.2) is 95.4 Å². The van der Waals surface area contributed by atoms with Crippen molar-refractivity contribution in [3.8, 4) is 5.88 Å². The Morgan fingerprint density at radius 1 is 0.972 bits per heavy atom. The van der Waals surface area contributed by atoms with E-state index in [1.807, 2.05) is 23.1 Å². The summed E-state index contributed by atoms with van der Waals surface area (Å²) in [6.07, 6.45) is 4.99. The zero-order chi connectivity index (χ0) is 50.7. The van der Waals surface area contributed by atoms with E-state index in [2.05, 4.69) is 58.0 Å². The quantitative estimate of drug-likeness (QED) is 0.0955. The van der Waals surface area contributed by atoms with Crippen molar-refractivity contribution < 1.29 is 41.9 Å². The average molecular weight is 1010 g/mol. The summed E-state index contributed by atoms with van der Waals surface area (Å²) >= 11 is 6.26. The molecule has 2 N–H and O–H groups in total. The Kier molecular flexibility index (Phi) is 15.3. The van der Waals surface area contributed by atoms with E-state index in [0.29, 0.717) is 62.3 Å². The molecule has 2 amide bonds. The van der Waals surface area contributed by atoms with E-state index in [0.717, 1.165) is 43.4 Å². The van der Waals surface area contributed by atoms with E-state index in [-0.39, 0.29) is 47.6 Å². The van der Waals surface area contributed by atoms with Crippen molar-refractivity contribution in [3.05, 3.63) is 117 Å². The number of hydrogen-bond acceptors (Lipinski definition) is 15. The lowest BCUT2D eigenvalue weighted by atomic mass is 9.77. The number of carbonyl (C=O) groups is 2. The molecule has 4 aromatic rings. The van der Waals surface area contributed by atoms with Crippen molar-refractivity contribution in [1.29, 1.82) is 0 Å². The topological polar surface area (TPSA) is 198 Å². The molecule has 1 atom stereocenters. The summed E-state index contributed by atoms with van der Waals surface area (Å²) in [7, 11) is -3.11. The molecular formula is C51H61ClN8O10S. The first-order chi connectivity index (χ1) is 33.7. The van der Waals surface area contributed by atoms with Crippen LogP contribution in [0.1, 0.15) is 63.4 Å². The van der Waals surface area contributed by atoms with Crippen molar-refractivity contribution in [1.82, 2.24) is 14.6 Å². The van der Waals surface area contributed by atoms with Crippen molar-refractivity contribution in [3.63, 3.8) is 0 Å². The van der Waals surface area contributed by atoms with Crippen LogP contribution in [0.2, 0.25) is 5.02 Å². The summed E-state index contributed by atoms with van der Waals surface area (Å²) in [5.41, 5.74) is 4.30. The van der Waals surface area contributed by atoms with Crippen LogP contribution in [-0.4, -0.2) is 126 Å². The number of hydrogen-bond donors (Lipinski definition) is 2. The monoisotopic (exact) mass is 1010 g/mol. The maximum atomic E-state index is 14.5. The molecule has 4 aliphatic rings. The smallest absolute Gasteiger partial charge is 0.415 e. The van der Waals surface area contributed by atoms with Gasteiger partial charge < -0.3 is 34.1 Å². The summed E-state index contributed by atoms with van der Waals surface area (Å²) < 4.78 is 53.0. The fraction of sp³-hybridized carbons (Fsp3) is 0.431. The van der Waals surface area contributed by atoms with Gasteiger partial charge in [-0.15, -0.1) is 0 Å². The fourth-order valence-electron chi connectivity index (χ4n) is 8.88. The van der Waals surface area contributed by atoms with E-state index in [9.17, 15) is 28.1 Å². The van der Waals surface area contributed by atoms with Crippen LogP contribution in [0.3, 0.4) is 0 Å². The number of amides is 2. The van der Waals surface area contributed by atoms with Crippen molar-refractivity contribution >= 4 is 73.5 Å². The highest BCUT2D eigenvalue weighted by atomic mass is 35.5. The van der Waals surface area contributed by atoms with E-state index in [1.165, 1.54) is 28.2 Å². The minimum absolute atomic E-state index is 0.0156. The zero-order valence-corrected chi connectivity index (χ0v) is 42.5. The summed E-state index contributed by atoms with van der Waals surface area (Å²) in [5.74, 6) is -0.486. The molecule has 18 nitrogen and oxygen atoms in total. The van der Waals surface area contributed by atoms with Crippen LogP contribution < -0.4 is 29.5 Å². The summed E-state index contributed by atoms with van der Waals surface area (Å²) in [6, 6.07) is 20.1. The molecule has 2 fully saturated rings. The van der Waals surface area contributed by atoms with Gasteiger partial charge in [0.15, 0.2) is 0 Å². The van der Waals surface area contributed by atoms with Gasteiger partial charge in [0.1, 0.15) is 22.8 Å². The molecule has 1 aromatic heterocycles. The van der Waals surface area contributed by atoms with Crippen LogP contribution >= 0.6 is 11.6 Å². The van der Waals surface area contributed by atoms with Gasteiger partial charge >= 0.3 is 6.09 Å². The number of pyridine rings is 1. The number of nitrogens with one attached hydrogen (secondary N) is 2. The predicted octanol–water partition coefficient (Wildman–Crippen LogP) is 8.44. The third-order valence-electron chi connectivity index (χ3n) is 12.6. The first kappa shape index (κ1) is 51.1. The normalized spacial score (nSPS) is 18.5. The molecule has 1 aliphatic carbocycles. The SMILES string of the molecule is CN(C(=O)OC(C)(C)C)c1ccc2c(n1)OCCCN2c1cc(N2CCN(CC3=C(c4ccc(Cl)cc4)CC(C)(C)C=C3)CC2)ccc1C(=O)NS(=O)(=O)c1ccc(NC[C@H]2COCCO2)c([N+](=O)[O-])c1. The number of carbonyl (C=O) groups excluding carboxylic acids is 2. The number of ether oxygens (including phenoxy) is 4. The predicted molar refractivity (Wildman–Crippen MR) is 274 cm³/mol. The van der Waals surface area contributed by atoms with Crippen LogP contribution in [0, 0.1) is 15.5 Å². The van der Waals surface area contributed by atoms with E-state index >= 15 is 0 Å². The third kappa shape index (κ3) is 12.4. The number of aromatic nitrogens is 1. The van der Waals surface area contributed by atoms with E-state index < -0.39 is 43.1 Å². The Morgan fingerprint density at radius 3 is 2.44 bits per heavy atom. The van der Waals surface area contributed by atoms with Gasteiger partial charge in [0.05, 0.1) is 53.6 Å². The largest absolute Gasteiger partial charge is 0.476 e. The first-order valence-corrected chi connectivity index (χ1v) is 25.6. The van der Waals surface area contributed by atoms with Crippen LogP contribution in [-0.2, 0) is 24.2 Å². The standard InChI is InChI=1S/C51H61ClN8O10S/c1-50(2,3)70-49(62)56(6)46-17-16-43-48(54-46)69-25-7-20-59(43)44-28-37(58-23-21-57(22-24-58)32-35-18-19-51(4,5)30-41(35)34-8-10-36(52)11-9-34)12-14-40(44)47(61)55-71(65,66)39-13-15-42(45(29-39)60(63)64)53-31-38-33-67-26-27-68-38/h8-19,28-29,38,53H,7,20-27,30-33H2,1-6H3,(H,55,61)/t38-/m0/s1. The molecule has 2 saturated heterocycles. The van der Waals surface area contributed by atoms with Crippen molar-refractivity contribution in [2.45, 2.75) is 64.1 Å². The molecule has 378 valence electrons. The van der Waals surface area contributed by atoms with Crippen LogP contribution in [0.5, 0.6) is 5.88 Å². The molecule has 0 bridgehead atoms. The number of allylic oxidation sites excluding steroid dienone is 2. The van der Waals surface area contributed by atoms with Crippen molar-refractivity contribution in [2.24, 2.45) is 5.41 Å². The Labute approximate surface area is 419 Å². The number of benzene rings is 3. The van der Waals surface area contributed by atoms with E-state index in [4.69, 9.17) is 35.5 Å². The lowest BCUT2D eigenvalue weighted by molar-refractivity contribution is -0.384. The third-order valence-corrected chi connectivity index (χ3v) is 14.2. The maximum Gasteiger partial charge on any atom is 0.415 e. The summed E-state index contributed by atoms with van der Waals surface area (Å²) in [4.78, 5) is 51.1. The summed E-state index contributed by atoms with van der Waals surface area (Å²) in [5, 5.41) is 15.9. The number of rotatable bonds is 13. The number of sulfonamides is 1. The lowest BCUT2D eigenvalue weighted by Gasteiger charge is -2.38. The van der Waals surface area contributed by atoms with Gasteiger partial charge in [-0.25, -0.2) is 17.9 Å². The number of nitrogens with zero attached hydrogens (tertiary/aromatic N) is 6. The number of anilines is 5. The summed E-state index contributed by atoms with van der Waals surface area (Å²) in [6.45, 7) is 15.4. The highest BCUT2D eigenvalue weighted by Gasteiger charge is 2.32. The molecule has 0 radical (unpaired) electrons. The van der Waals surface area contributed by atoms with Gasteiger partial charge in [-0.1, -0.05) is 49.7 Å². The maximum absolute atomic E-state index is 14.5. The van der Waals surface area contributed by atoms with Crippen molar-refractivity contribution in [2.75, 3.05) is 99.3 Å². The molecule has 0 unspecified atom stereocenters. The fourth-order valence-corrected chi connectivity index (χ4v) is 9.99. The molecule has 8 rings (SSSR count). The minimum Gasteiger partial charge on any atom is -0.476 e. The second-order valence-corrected chi connectivity index (χ2v) is 21.8. The first-order valence-electron chi connectivity index (χ1n) is 23.7. The molecule has 3 aromatic carbocycles. The molecule has 3 aliphatic heterocycles. The Bertz CT molecular complexity index is 2820. The average Bonchev–Trinajstić information content (AvgIpc) is 3.55. The molecule has 71 heavy (non-hydrogen) atoms. The Morgan fingerprint density at radius 2 is 1.73 bits per heavy atom. The van der Waals surface area contributed by atoms with Gasteiger partial charge in [0.25, 0.3) is 21.6 Å². The van der Waals surface area contributed by atoms with Gasteiger partial charge in [-0.05, 0) is 110 Å². The van der Waals surface area contributed by atoms with E-state index in [1.54, 1.807) is 52.1 Å². The minimum atomic E-state index is -4.66. The second-order valence-electron chi connectivity index (χ2n) is 19.7. The number of fused-ring (bicyclic) bond motifs is 1. The van der Waals surface area contributed by atoms with Gasteiger partial charge in [-0.2, -0.15) is 4.98 Å². The number of nitro benzene ring substituents is 1. The Balaban J connectivity index is 1.08. The molecule has 0 saturated carbocycles. The lowest BCUT2D eigenvalue weighted by Crippen LogP contribution is -2.47. The van der Waals surface area contributed by atoms with Crippen LogP contribution in [0.4, 0.5) is 39.0 Å². The highest BCUT2D eigenvalue weighted by molar-refractivity contribution is 7.90. The van der Waals surface area contributed by atoms with Crippen LogP contribution in [0.25, 0.3) is 5.57 Å². The Hall–Kier alpha value is -6.25. The molecular weight excluding hydrogens is 952 g/mol. The number of nitro groups is 1. The van der Waals surface area contributed by atoms with Gasteiger partial charge in [0.2, 0.25) is 5.88 Å². The molecule has 20 heteroatoms.